The van der Waals surface area contributed by atoms with Gasteiger partial charge in [-0.05, 0) is 24.3 Å². The minimum atomic E-state index is -5.18. The molecule has 0 spiro atoms. The highest BCUT2D eigenvalue weighted by Gasteiger charge is 2.34. The second-order valence-corrected chi connectivity index (χ2v) is 4.99. The lowest BCUT2D eigenvalue weighted by atomic mass is 10.1. The summed E-state index contributed by atoms with van der Waals surface area (Å²) in [6, 6.07) is 1.59. The fraction of sp³-hybridized carbons (Fsp3) is 0.188. The highest BCUT2D eigenvalue weighted by atomic mass is 19.4. The van der Waals surface area contributed by atoms with Crippen LogP contribution in [0.2, 0.25) is 0 Å². The van der Waals surface area contributed by atoms with E-state index in [1.54, 1.807) is 0 Å². The van der Waals surface area contributed by atoms with E-state index in [9.17, 15) is 35.5 Å². The summed E-state index contributed by atoms with van der Waals surface area (Å²) in [6.45, 7) is 0. The van der Waals surface area contributed by atoms with Crippen LogP contribution >= 0.6 is 0 Å². The largest absolute Gasteiger partial charge is 0.573 e. The van der Waals surface area contributed by atoms with Gasteiger partial charge in [0.05, 0.1) is 16.7 Å². The van der Waals surface area contributed by atoms with Crippen molar-refractivity contribution in [3.63, 3.8) is 0 Å². The van der Waals surface area contributed by atoms with Crippen molar-refractivity contribution in [2.75, 3.05) is 7.04 Å². The van der Waals surface area contributed by atoms with E-state index >= 15 is 0 Å². The number of hydrogen-bond acceptors (Lipinski definition) is 4. The Balaban J connectivity index is 2.61. The van der Waals surface area contributed by atoms with Gasteiger partial charge in [0.25, 0.3) is 0 Å². The monoisotopic (exact) mass is 417 g/mol. The Morgan fingerprint density at radius 3 is 2.25 bits per heavy atom. The van der Waals surface area contributed by atoms with Crippen LogP contribution in [0.5, 0.6) is 23.0 Å². The molecule has 5 nitrogen and oxygen atoms in total. The number of halogens is 7. The van der Waals surface area contributed by atoms with E-state index in [2.05, 4.69) is 9.47 Å². The molecule has 28 heavy (non-hydrogen) atoms. The molecule has 0 unspecified atom stereocenters. The molecule has 0 aliphatic heterocycles. The van der Waals surface area contributed by atoms with E-state index in [0.717, 1.165) is 0 Å². The number of methoxy groups -OCH3 is 1. The summed E-state index contributed by atoms with van der Waals surface area (Å²) in [5.41, 5.74) is -2.98. The Kier molecular flexibility index (Phi) is 4.51. The van der Waals surface area contributed by atoms with Crippen molar-refractivity contribution >= 4 is 5.97 Å². The predicted molar refractivity (Wildman–Crippen MR) is 78.1 cm³/mol. The van der Waals surface area contributed by atoms with Crippen LogP contribution in [0.25, 0.3) is 0 Å². The third-order valence-corrected chi connectivity index (χ3v) is 3.07. The molecule has 0 aliphatic carbocycles. The van der Waals surface area contributed by atoms with E-state index in [4.69, 9.17) is 14.0 Å². The molecule has 0 fully saturated rings. The molecule has 1 N–H and O–H groups in total. The molecule has 0 radical (unpaired) electrons. The number of carboxylic acids is 1. The molecule has 2 rings (SSSR count). The Hall–Kier alpha value is -3.18. The van der Waals surface area contributed by atoms with Gasteiger partial charge in [-0.15, -0.1) is 13.2 Å². The number of alkyl halides is 6. The van der Waals surface area contributed by atoms with Crippen molar-refractivity contribution in [2.24, 2.45) is 0 Å². The minimum absolute atomic E-state index is 0.101. The Bertz CT molecular complexity index is 987. The zero-order chi connectivity index (χ0) is 23.8. The van der Waals surface area contributed by atoms with Crippen LogP contribution in [-0.2, 0) is 6.18 Å². The van der Waals surface area contributed by atoms with Gasteiger partial charge < -0.3 is 19.3 Å². The average molecular weight is 417 g/mol. The SMILES string of the molecule is [2H]C([2H])([2H])Oc1cc(OC(F)(F)F)ccc1Oc1cc(C(F)(F)F)cc(F)c1C(=O)O. The maximum atomic E-state index is 14.0. The molecule has 0 bridgehead atoms. The summed E-state index contributed by atoms with van der Waals surface area (Å²) in [7, 11) is -3.26. The lowest BCUT2D eigenvalue weighted by Crippen LogP contribution is -2.17. The van der Waals surface area contributed by atoms with E-state index < -0.39 is 65.5 Å². The summed E-state index contributed by atoms with van der Waals surface area (Å²) in [6.07, 6.45) is -10.3. The van der Waals surface area contributed by atoms with Gasteiger partial charge in [-0.1, -0.05) is 0 Å². The maximum Gasteiger partial charge on any atom is 0.573 e. The molecular weight excluding hydrogens is 405 g/mol. The van der Waals surface area contributed by atoms with Crippen LogP contribution in [-0.4, -0.2) is 24.5 Å². The third-order valence-electron chi connectivity index (χ3n) is 3.07. The highest BCUT2D eigenvalue weighted by molar-refractivity contribution is 5.91. The fourth-order valence-electron chi connectivity index (χ4n) is 2.00. The van der Waals surface area contributed by atoms with Crippen LogP contribution in [0.15, 0.2) is 30.3 Å². The molecule has 0 heterocycles. The first-order valence-electron chi connectivity index (χ1n) is 8.37. The number of hydrogen-bond donors (Lipinski definition) is 1. The molecule has 12 heteroatoms. The Labute approximate surface area is 156 Å². The van der Waals surface area contributed by atoms with Crippen LogP contribution < -0.4 is 14.2 Å². The van der Waals surface area contributed by atoms with Crippen LogP contribution in [0, 0.1) is 5.82 Å². The maximum absolute atomic E-state index is 14.0. The van der Waals surface area contributed by atoms with Gasteiger partial charge in [0, 0.05) is 6.07 Å². The average Bonchev–Trinajstić information content (AvgIpc) is 2.52. The van der Waals surface area contributed by atoms with E-state index in [-0.39, 0.29) is 12.1 Å². The van der Waals surface area contributed by atoms with Crippen molar-refractivity contribution < 1.29 is 59.0 Å². The number of carbonyl (C=O) groups is 1. The zero-order valence-electron chi connectivity index (χ0n) is 16.1. The van der Waals surface area contributed by atoms with Crippen LogP contribution in [0.4, 0.5) is 30.7 Å². The van der Waals surface area contributed by atoms with Crippen molar-refractivity contribution in [3.8, 4) is 23.0 Å². The van der Waals surface area contributed by atoms with Gasteiger partial charge in [0.2, 0.25) is 0 Å². The van der Waals surface area contributed by atoms with Crippen molar-refractivity contribution in [1.82, 2.24) is 0 Å². The molecule has 2 aromatic rings. The summed E-state index contributed by atoms with van der Waals surface area (Å²) in [5.74, 6) is -7.85. The van der Waals surface area contributed by atoms with Gasteiger partial charge in [-0.25, -0.2) is 9.18 Å². The topological polar surface area (TPSA) is 65.0 Å². The second kappa shape index (κ2) is 7.44. The molecule has 0 aromatic heterocycles. The summed E-state index contributed by atoms with van der Waals surface area (Å²) in [5, 5.41) is 9.08. The number of benzene rings is 2. The van der Waals surface area contributed by atoms with E-state index in [1.165, 1.54) is 0 Å². The fourth-order valence-corrected chi connectivity index (χ4v) is 2.00. The quantitative estimate of drug-likeness (QED) is 0.674. The van der Waals surface area contributed by atoms with Crippen LogP contribution in [0.3, 0.4) is 0 Å². The van der Waals surface area contributed by atoms with E-state index in [1.807, 2.05) is 0 Å². The first-order chi connectivity index (χ1) is 14.0. The van der Waals surface area contributed by atoms with Crippen molar-refractivity contribution in [2.45, 2.75) is 12.5 Å². The molecular formula is C16H9F7O5. The smallest absolute Gasteiger partial charge is 0.493 e. The van der Waals surface area contributed by atoms with Crippen molar-refractivity contribution in [1.29, 1.82) is 0 Å². The summed E-state index contributed by atoms with van der Waals surface area (Å²) >= 11 is 0. The Morgan fingerprint density at radius 2 is 1.71 bits per heavy atom. The third kappa shape index (κ3) is 4.96. The predicted octanol–water partition coefficient (Wildman–Crippen LogP) is 5.24. The van der Waals surface area contributed by atoms with Crippen molar-refractivity contribution in [3.05, 3.63) is 47.3 Å². The Morgan fingerprint density at radius 1 is 1.04 bits per heavy atom. The highest BCUT2D eigenvalue weighted by Crippen LogP contribution is 2.40. The summed E-state index contributed by atoms with van der Waals surface area (Å²) in [4.78, 5) is 11.3. The number of rotatable bonds is 5. The number of aromatic carboxylic acids is 1. The van der Waals surface area contributed by atoms with Gasteiger partial charge in [-0.3, -0.25) is 0 Å². The molecule has 0 saturated heterocycles. The summed E-state index contributed by atoms with van der Waals surface area (Å²) < 4.78 is 124. The molecule has 0 atom stereocenters. The first-order valence-corrected chi connectivity index (χ1v) is 6.87. The molecule has 0 saturated carbocycles. The molecule has 0 amide bonds. The normalized spacial score (nSPS) is 13.9. The molecule has 0 aliphatic rings. The lowest BCUT2D eigenvalue weighted by Gasteiger charge is -2.16. The standard InChI is InChI=1S/C16H9F7O5/c1-26-11-6-8(28-16(21,22)23)2-3-10(11)27-12-5-7(15(18,19)20)4-9(17)13(12)14(24)25/h2-6H,1H3,(H,24,25)/i1D3. The number of ether oxygens (including phenoxy) is 3. The number of carboxylic acid groups (broad SMARTS) is 1. The minimum Gasteiger partial charge on any atom is -0.493 e. The zero-order valence-corrected chi connectivity index (χ0v) is 13.1. The second-order valence-electron chi connectivity index (χ2n) is 4.99. The first kappa shape index (κ1) is 17.0. The molecule has 152 valence electrons. The van der Waals surface area contributed by atoms with Gasteiger partial charge >= 0.3 is 18.5 Å². The van der Waals surface area contributed by atoms with Gasteiger partial charge in [0.15, 0.2) is 11.5 Å². The van der Waals surface area contributed by atoms with E-state index in [0.29, 0.717) is 18.2 Å². The van der Waals surface area contributed by atoms with Gasteiger partial charge in [0.1, 0.15) is 22.9 Å². The van der Waals surface area contributed by atoms with Crippen LogP contribution in [0.1, 0.15) is 20.0 Å². The molecule has 2 aromatic carbocycles. The van der Waals surface area contributed by atoms with Gasteiger partial charge in [-0.2, -0.15) is 13.2 Å². The lowest BCUT2D eigenvalue weighted by molar-refractivity contribution is -0.274.